The summed E-state index contributed by atoms with van der Waals surface area (Å²) in [5.41, 5.74) is 7.69. The van der Waals surface area contributed by atoms with Crippen molar-refractivity contribution < 1.29 is 9.90 Å². The van der Waals surface area contributed by atoms with Crippen molar-refractivity contribution in [2.75, 3.05) is 6.61 Å². The zero-order valence-corrected chi connectivity index (χ0v) is 11.9. The molecule has 1 aromatic carbocycles. The lowest BCUT2D eigenvalue weighted by Gasteiger charge is -2.41. The van der Waals surface area contributed by atoms with Crippen LogP contribution in [0.1, 0.15) is 24.8 Å². The van der Waals surface area contributed by atoms with E-state index >= 15 is 0 Å². The molecule has 5 heteroatoms. The number of amides is 1. The first kappa shape index (κ1) is 14.1. The molecule has 0 unspecified atom stereocenters. The van der Waals surface area contributed by atoms with Crippen molar-refractivity contribution in [3.8, 4) is 0 Å². The molecular weight excluding hydrogens is 266 g/mol. The van der Waals surface area contributed by atoms with Crippen molar-refractivity contribution in [3.05, 3.63) is 36.0 Å². The first-order valence-corrected chi connectivity index (χ1v) is 7.37. The van der Waals surface area contributed by atoms with Gasteiger partial charge in [-0.1, -0.05) is 18.2 Å². The Kier molecular flexibility index (Phi) is 3.69. The summed E-state index contributed by atoms with van der Waals surface area (Å²) in [6, 6.07) is 7.36. The zero-order valence-electron chi connectivity index (χ0n) is 11.9. The van der Waals surface area contributed by atoms with Gasteiger partial charge in [-0.05, 0) is 37.3 Å². The number of hydrogen-bond acceptors (Lipinski definition) is 3. The van der Waals surface area contributed by atoms with Gasteiger partial charge in [0.05, 0.1) is 18.2 Å². The van der Waals surface area contributed by atoms with Crippen LogP contribution in [0.25, 0.3) is 10.9 Å². The van der Waals surface area contributed by atoms with Crippen LogP contribution in [-0.4, -0.2) is 34.2 Å². The monoisotopic (exact) mass is 287 g/mol. The molecule has 1 heterocycles. The van der Waals surface area contributed by atoms with Crippen LogP contribution in [0.3, 0.4) is 0 Å². The molecule has 1 amide bonds. The number of para-hydroxylation sites is 1. The van der Waals surface area contributed by atoms with Crippen molar-refractivity contribution in [2.24, 2.45) is 5.73 Å². The van der Waals surface area contributed by atoms with Crippen molar-refractivity contribution in [3.63, 3.8) is 0 Å². The maximum atomic E-state index is 12.2. The zero-order chi connectivity index (χ0) is 14.9. The summed E-state index contributed by atoms with van der Waals surface area (Å²) in [6.07, 6.45) is 5.09. The molecule has 21 heavy (non-hydrogen) atoms. The molecule has 3 rings (SSSR count). The predicted octanol–water partition coefficient (Wildman–Crippen LogP) is 1.07. The van der Waals surface area contributed by atoms with Crippen LogP contribution in [0.5, 0.6) is 0 Å². The van der Waals surface area contributed by atoms with Crippen molar-refractivity contribution >= 4 is 16.8 Å². The molecule has 1 saturated carbocycles. The number of benzene rings is 1. The Morgan fingerprint density at radius 2 is 2.19 bits per heavy atom. The van der Waals surface area contributed by atoms with Gasteiger partial charge < -0.3 is 21.1 Å². The maximum absolute atomic E-state index is 12.2. The summed E-state index contributed by atoms with van der Waals surface area (Å²) in [5.74, 6) is -0.186. The van der Waals surface area contributed by atoms with E-state index in [4.69, 9.17) is 5.73 Å². The summed E-state index contributed by atoms with van der Waals surface area (Å²) in [5, 5.41) is 13.4. The Balaban J connectivity index is 1.68. The molecule has 1 atom stereocenters. The number of hydrogen-bond donors (Lipinski definition) is 4. The number of fused-ring (bicyclic) bond motifs is 1. The third-order valence-electron chi connectivity index (χ3n) is 4.45. The largest absolute Gasteiger partial charge is 0.394 e. The molecule has 5 N–H and O–H groups in total. The summed E-state index contributed by atoms with van der Waals surface area (Å²) < 4.78 is 0. The fourth-order valence-electron chi connectivity index (χ4n) is 2.91. The summed E-state index contributed by atoms with van der Waals surface area (Å²) in [4.78, 5) is 15.4. The van der Waals surface area contributed by atoms with Crippen LogP contribution in [0.4, 0.5) is 0 Å². The second kappa shape index (κ2) is 5.50. The molecule has 1 aliphatic carbocycles. The first-order chi connectivity index (χ1) is 10.1. The maximum Gasteiger partial charge on any atom is 0.237 e. The van der Waals surface area contributed by atoms with Crippen LogP contribution < -0.4 is 11.1 Å². The number of nitrogens with two attached hydrogens (primary N) is 1. The average molecular weight is 287 g/mol. The minimum atomic E-state index is -0.603. The lowest BCUT2D eigenvalue weighted by molar-refractivity contribution is -0.126. The number of aromatic nitrogens is 1. The van der Waals surface area contributed by atoms with Crippen LogP contribution in [0.2, 0.25) is 0 Å². The van der Waals surface area contributed by atoms with E-state index in [0.29, 0.717) is 6.42 Å². The SMILES string of the molecule is N[C@H](Cc1c[nH]c2ccccc12)C(=O)NC1(CO)CCC1. The van der Waals surface area contributed by atoms with E-state index in [2.05, 4.69) is 10.3 Å². The van der Waals surface area contributed by atoms with E-state index in [1.165, 1.54) is 0 Å². The quantitative estimate of drug-likeness (QED) is 0.663. The highest BCUT2D eigenvalue weighted by atomic mass is 16.3. The normalized spacial score (nSPS) is 18.2. The molecule has 0 bridgehead atoms. The van der Waals surface area contributed by atoms with Gasteiger partial charge in [0.15, 0.2) is 0 Å². The van der Waals surface area contributed by atoms with Crippen LogP contribution in [0, 0.1) is 0 Å². The summed E-state index contributed by atoms with van der Waals surface area (Å²) in [6.45, 7) is -0.0153. The van der Waals surface area contributed by atoms with Crippen molar-refractivity contribution in [1.82, 2.24) is 10.3 Å². The van der Waals surface area contributed by atoms with E-state index in [-0.39, 0.29) is 12.5 Å². The second-order valence-corrected chi connectivity index (χ2v) is 5.95. The van der Waals surface area contributed by atoms with Gasteiger partial charge in [0, 0.05) is 17.1 Å². The lowest BCUT2D eigenvalue weighted by atomic mass is 9.77. The molecule has 2 aromatic rings. The molecule has 0 aliphatic heterocycles. The second-order valence-electron chi connectivity index (χ2n) is 5.95. The third kappa shape index (κ3) is 2.66. The fourth-order valence-corrected chi connectivity index (χ4v) is 2.91. The van der Waals surface area contributed by atoms with Crippen LogP contribution in [0.15, 0.2) is 30.5 Å². The molecule has 112 valence electrons. The lowest BCUT2D eigenvalue weighted by Crippen LogP contribution is -2.59. The highest BCUT2D eigenvalue weighted by molar-refractivity contribution is 5.86. The Labute approximate surface area is 123 Å². The van der Waals surface area contributed by atoms with Crippen molar-refractivity contribution in [2.45, 2.75) is 37.3 Å². The standard InChI is InChI=1S/C16H21N3O2/c17-13(15(21)19-16(10-20)6-3-7-16)8-11-9-18-14-5-2-1-4-12(11)14/h1-2,4-5,9,13,18,20H,3,6-8,10,17H2,(H,19,21)/t13-/m1/s1. The van der Waals surface area contributed by atoms with Crippen LogP contribution in [-0.2, 0) is 11.2 Å². The molecule has 0 spiro atoms. The minimum Gasteiger partial charge on any atom is -0.394 e. The molecular formula is C16H21N3O2. The van der Waals surface area contributed by atoms with Crippen LogP contribution >= 0.6 is 0 Å². The predicted molar refractivity (Wildman–Crippen MR) is 81.8 cm³/mol. The van der Waals surface area contributed by atoms with Crippen molar-refractivity contribution in [1.29, 1.82) is 0 Å². The minimum absolute atomic E-state index is 0.0153. The fraction of sp³-hybridized carbons (Fsp3) is 0.438. The van der Waals surface area contributed by atoms with Gasteiger partial charge in [0.2, 0.25) is 5.91 Å². The average Bonchev–Trinajstić information content (AvgIpc) is 2.86. The summed E-state index contributed by atoms with van der Waals surface area (Å²) in [7, 11) is 0. The number of carbonyl (C=O) groups excluding carboxylic acids is 1. The number of rotatable bonds is 5. The van der Waals surface area contributed by atoms with Gasteiger partial charge in [-0.2, -0.15) is 0 Å². The van der Waals surface area contributed by atoms with E-state index < -0.39 is 11.6 Å². The molecule has 1 fully saturated rings. The first-order valence-electron chi connectivity index (χ1n) is 7.37. The Bertz CT molecular complexity index is 640. The Morgan fingerprint density at radius 1 is 1.43 bits per heavy atom. The molecule has 1 aliphatic rings. The Morgan fingerprint density at radius 3 is 2.86 bits per heavy atom. The number of carbonyl (C=O) groups is 1. The topological polar surface area (TPSA) is 91.1 Å². The van der Waals surface area contributed by atoms with Gasteiger partial charge >= 0.3 is 0 Å². The number of H-pyrrole nitrogens is 1. The molecule has 5 nitrogen and oxygen atoms in total. The van der Waals surface area contributed by atoms with Gasteiger partial charge in [0.25, 0.3) is 0 Å². The number of nitrogens with one attached hydrogen (secondary N) is 2. The smallest absolute Gasteiger partial charge is 0.237 e. The number of aliphatic hydroxyl groups is 1. The Hall–Kier alpha value is -1.85. The number of aromatic amines is 1. The van der Waals surface area contributed by atoms with E-state index in [1.807, 2.05) is 30.5 Å². The van der Waals surface area contributed by atoms with E-state index in [0.717, 1.165) is 35.7 Å². The molecule has 0 saturated heterocycles. The third-order valence-corrected chi connectivity index (χ3v) is 4.45. The van der Waals surface area contributed by atoms with E-state index in [1.54, 1.807) is 0 Å². The van der Waals surface area contributed by atoms with Gasteiger partial charge in [-0.25, -0.2) is 0 Å². The molecule has 0 radical (unpaired) electrons. The van der Waals surface area contributed by atoms with Gasteiger partial charge in [-0.15, -0.1) is 0 Å². The highest BCUT2D eigenvalue weighted by Gasteiger charge is 2.38. The van der Waals surface area contributed by atoms with E-state index in [9.17, 15) is 9.90 Å². The molecule has 1 aromatic heterocycles. The van der Waals surface area contributed by atoms with Gasteiger partial charge in [-0.3, -0.25) is 4.79 Å². The van der Waals surface area contributed by atoms with Gasteiger partial charge in [0.1, 0.15) is 0 Å². The number of aliphatic hydroxyl groups excluding tert-OH is 1. The summed E-state index contributed by atoms with van der Waals surface area (Å²) >= 11 is 0. The highest BCUT2D eigenvalue weighted by Crippen LogP contribution is 2.31.